The molecule has 1 N–H and O–H groups in total. The Hall–Kier alpha value is -2.02. The van der Waals surface area contributed by atoms with Gasteiger partial charge in [0, 0.05) is 24.8 Å². The fourth-order valence-corrected chi connectivity index (χ4v) is 6.75. The van der Waals surface area contributed by atoms with Gasteiger partial charge in [-0.2, -0.15) is 0 Å². The summed E-state index contributed by atoms with van der Waals surface area (Å²) in [6.07, 6.45) is 16.9. The Balaban J connectivity index is 1.47. The lowest BCUT2D eigenvalue weighted by Gasteiger charge is -2.33. The SMILES string of the molecule is O=C(NC1CCCCC1)C(C1CCCCC1)n1c(COCC2CCCCC2)nc2cc(F)c(F)cc21. The van der Waals surface area contributed by atoms with E-state index in [4.69, 9.17) is 9.72 Å². The summed E-state index contributed by atoms with van der Waals surface area (Å²) >= 11 is 0. The molecule has 1 aromatic carbocycles. The lowest BCUT2D eigenvalue weighted by atomic mass is 9.83. The van der Waals surface area contributed by atoms with Crippen LogP contribution in [0.15, 0.2) is 12.1 Å². The molecule has 3 fully saturated rings. The Bertz CT molecular complexity index is 1020. The maximum Gasteiger partial charge on any atom is 0.243 e. The number of benzene rings is 1. The number of rotatable bonds is 8. The Morgan fingerprint density at radius 3 is 2.22 bits per heavy atom. The minimum Gasteiger partial charge on any atom is -0.373 e. The van der Waals surface area contributed by atoms with Crippen LogP contribution in [0.25, 0.3) is 11.0 Å². The van der Waals surface area contributed by atoms with Crippen molar-refractivity contribution in [3.05, 3.63) is 29.6 Å². The van der Waals surface area contributed by atoms with Gasteiger partial charge in [-0.05, 0) is 50.4 Å². The van der Waals surface area contributed by atoms with Gasteiger partial charge in [-0.3, -0.25) is 4.79 Å². The topological polar surface area (TPSA) is 56.2 Å². The predicted molar refractivity (Wildman–Crippen MR) is 137 cm³/mol. The predicted octanol–water partition coefficient (Wildman–Crippen LogP) is 6.98. The maximum atomic E-state index is 14.5. The van der Waals surface area contributed by atoms with Crippen molar-refractivity contribution >= 4 is 16.9 Å². The van der Waals surface area contributed by atoms with E-state index in [2.05, 4.69) is 5.32 Å². The van der Waals surface area contributed by atoms with Gasteiger partial charge in [0.05, 0.1) is 11.0 Å². The smallest absolute Gasteiger partial charge is 0.243 e. The molecule has 36 heavy (non-hydrogen) atoms. The Morgan fingerprint density at radius 1 is 0.917 bits per heavy atom. The highest BCUT2D eigenvalue weighted by Gasteiger charge is 2.35. The zero-order valence-corrected chi connectivity index (χ0v) is 21.5. The largest absolute Gasteiger partial charge is 0.373 e. The first-order valence-electron chi connectivity index (χ1n) is 14.3. The number of nitrogens with zero attached hydrogens (tertiary/aromatic N) is 2. The van der Waals surface area contributed by atoms with E-state index < -0.39 is 17.7 Å². The average molecular weight is 502 g/mol. The number of nitrogens with one attached hydrogen (secondary N) is 1. The fraction of sp³-hybridized carbons (Fsp3) is 0.724. The zero-order valence-electron chi connectivity index (χ0n) is 21.5. The normalized spacial score (nSPS) is 21.6. The number of amides is 1. The molecule has 0 radical (unpaired) electrons. The Morgan fingerprint density at radius 2 is 1.53 bits per heavy atom. The number of carbonyl (C=O) groups excluding carboxylic acids is 1. The number of halogens is 2. The monoisotopic (exact) mass is 501 g/mol. The summed E-state index contributed by atoms with van der Waals surface area (Å²) in [6, 6.07) is 2.07. The van der Waals surface area contributed by atoms with Crippen LogP contribution in [0.5, 0.6) is 0 Å². The molecule has 1 amide bonds. The van der Waals surface area contributed by atoms with Gasteiger partial charge in [0.1, 0.15) is 18.5 Å². The molecule has 0 saturated heterocycles. The van der Waals surface area contributed by atoms with Gasteiger partial charge in [-0.1, -0.05) is 57.8 Å². The lowest BCUT2D eigenvalue weighted by molar-refractivity contribution is -0.127. The van der Waals surface area contributed by atoms with Crippen molar-refractivity contribution in [1.82, 2.24) is 14.9 Å². The summed E-state index contributed by atoms with van der Waals surface area (Å²) in [5.41, 5.74) is 0.871. The number of aromatic nitrogens is 2. The Labute approximate surface area is 213 Å². The zero-order chi connectivity index (χ0) is 24.9. The molecule has 5 rings (SSSR count). The van der Waals surface area contributed by atoms with E-state index in [9.17, 15) is 13.6 Å². The van der Waals surface area contributed by atoms with Crippen LogP contribution in [0.3, 0.4) is 0 Å². The minimum absolute atomic E-state index is 0.00800. The van der Waals surface area contributed by atoms with Crippen molar-refractivity contribution in [3.8, 4) is 0 Å². The maximum absolute atomic E-state index is 14.5. The van der Waals surface area contributed by atoms with Crippen molar-refractivity contribution in [1.29, 1.82) is 0 Å². The summed E-state index contributed by atoms with van der Waals surface area (Å²) < 4.78 is 36.7. The highest BCUT2D eigenvalue weighted by atomic mass is 19.2. The van der Waals surface area contributed by atoms with E-state index in [1.54, 1.807) is 0 Å². The summed E-state index contributed by atoms with van der Waals surface area (Å²) in [5, 5.41) is 3.33. The third kappa shape index (κ3) is 5.92. The first-order valence-corrected chi connectivity index (χ1v) is 14.3. The van der Waals surface area contributed by atoms with Crippen LogP contribution in [0.2, 0.25) is 0 Å². The summed E-state index contributed by atoms with van der Waals surface area (Å²) in [5.74, 6) is -0.539. The second-order valence-electron chi connectivity index (χ2n) is 11.4. The molecule has 1 atom stereocenters. The van der Waals surface area contributed by atoms with Crippen molar-refractivity contribution in [2.24, 2.45) is 11.8 Å². The molecular formula is C29H41F2N3O2. The van der Waals surface area contributed by atoms with E-state index in [0.717, 1.165) is 57.4 Å². The quantitative estimate of drug-likeness (QED) is 0.424. The van der Waals surface area contributed by atoms with Crippen LogP contribution in [-0.2, 0) is 16.1 Å². The third-order valence-corrected chi connectivity index (χ3v) is 8.71. The molecule has 1 heterocycles. The highest BCUT2D eigenvalue weighted by Crippen LogP contribution is 2.37. The molecule has 0 bridgehead atoms. The number of carbonyl (C=O) groups is 1. The minimum atomic E-state index is -0.914. The van der Waals surface area contributed by atoms with E-state index in [-0.39, 0.29) is 24.5 Å². The molecule has 198 valence electrons. The Kier molecular flexibility index (Phi) is 8.55. The van der Waals surface area contributed by atoms with Crippen LogP contribution in [0, 0.1) is 23.5 Å². The van der Waals surface area contributed by atoms with Gasteiger partial charge in [-0.25, -0.2) is 13.8 Å². The van der Waals surface area contributed by atoms with E-state index in [0.29, 0.717) is 29.4 Å². The summed E-state index contributed by atoms with van der Waals surface area (Å²) in [7, 11) is 0. The van der Waals surface area contributed by atoms with Crippen LogP contribution < -0.4 is 5.32 Å². The van der Waals surface area contributed by atoms with Gasteiger partial charge in [0.15, 0.2) is 11.6 Å². The number of ether oxygens (including phenoxy) is 1. The molecule has 3 aliphatic carbocycles. The second kappa shape index (κ2) is 12.0. The van der Waals surface area contributed by atoms with Gasteiger partial charge in [-0.15, -0.1) is 0 Å². The van der Waals surface area contributed by atoms with Gasteiger partial charge >= 0.3 is 0 Å². The van der Waals surface area contributed by atoms with Crippen LogP contribution in [-0.4, -0.2) is 28.1 Å². The number of hydrogen-bond acceptors (Lipinski definition) is 3. The third-order valence-electron chi connectivity index (χ3n) is 8.71. The van der Waals surface area contributed by atoms with E-state index in [1.807, 2.05) is 4.57 Å². The van der Waals surface area contributed by atoms with Crippen molar-refractivity contribution in [2.45, 2.75) is 115 Å². The van der Waals surface area contributed by atoms with Crippen LogP contribution in [0.1, 0.15) is 108 Å². The number of hydrogen-bond donors (Lipinski definition) is 1. The molecular weight excluding hydrogens is 460 g/mol. The summed E-state index contributed by atoms with van der Waals surface area (Å²) in [4.78, 5) is 18.6. The van der Waals surface area contributed by atoms with Crippen LogP contribution in [0.4, 0.5) is 8.78 Å². The molecule has 3 aliphatic rings. The van der Waals surface area contributed by atoms with E-state index in [1.165, 1.54) is 51.0 Å². The first kappa shape index (κ1) is 25.6. The summed E-state index contributed by atoms with van der Waals surface area (Å²) in [6.45, 7) is 0.905. The highest BCUT2D eigenvalue weighted by molar-refractivity contribution is 5.85. The standard InChI is InChI=1S/C29H41F2N3O2/c30-23-16-25-26(17-24(23)31)34(27(33-25)19-36-18-20-10-4-1-5-11-20)28(21-12-6-2-7-13-21)29(35)32-22-14-8-3-9-15-22/h16-17,20-22,28H,1-15,18-19H2,(H,32,35). The lowest BCUT2D eigenvalue weighted by Crippen LogP contribution is -2.43. The molecule has 5 nitrogen and oxygen atoms in total. The van der Waals surface area contributed by atoms with Crippen molar-refractivity contribution in [3.63, 3.8) is 0 Å². The second-order valence-corrected chi connectivity index (χ2v) is 11.4. The average Bonchev–Trinajstić information content (AvgIpc) is 3.23. The first-order chi connectivity index (χ1) is 17.6. The number of fused-ring (bicyclic) bond motifs is 1. The van der Waals surface area contributed by atoms with E-state index >= 15 is 0 Å². The molecule has 0 spiro atoms. The van der Waals surface area contributed by atoms with Crippen molar-refractivity contribution in [2.75, 3.05) is 6.61 Å². The van der Waals surface area contributed by atoms with Crippen LogP contribution >= 0.6 is 0 Å². The van der Waals surface area contributed by atoms with Gasteiger partial charge in [0.25, 0.3) is 0 Å². The molecule has 1 aromatic heterocycles. The number of imidazole rings is 1. The molecule has 3 saturated carbocycles. The van der Waals surface area contributed by atoms with Gasteiger partial charge in [0.2, 0.25) is 5.91 Å². The molecule has 2 aromatic rings. The van der Waals surface area contributed by atoms with Gasteiger partial charge < -0.3 is 14.6 Å². The molecule has 0 aliphatic heterocycles. The fourth-order valence-electron chi connectivity index (χ4n) is 6.75. The molecule has 7 heteroatoms. The molecule has 1 unspecified atom stereocenters. The van der Waals surface area contributed by atoms with Crippen molar-refractivity contribution < 1.29 is 18.3 Å².